The number of piperidine rings is 1. The summed E-state index contributed by atoms with van der Waals surface area (Å²) in [5, 5.41) is 2.90. The minimum absolute atomic E-state index is 0.00385. The first-order chi connectivity index (χ1) is 13.5. The second kappa shape index (κ2) is 7.23. The molecule has 4 rings (SSSR count). The highest BCUT2D eigenvalue weighted by molar-refractivity contribution is 6.05. The first kappa shape index (κ1) is 18.4. The van der Waals surface area contributed by atoms with Crippen LogP contribution in [0.4, 0.5) is 15.8 Å². The maximum Gasteiger partial charge on any atom is 0.236 e. The molecule has 1 aliphatic carbocycles. The summed E-state index contributed by atoms with van der Waals surface area (Å²) >= 11 is 0. The number of amides is 2. The number of carbonyl (C=O) groups excluding carboxylic acids is 2. The summed E-state index contributed by atoms with van der Waals surface area (Å²) in [6.45, 7) is 1.69. The SMILES string of the molecule is Cc1ccc(NC(=O)C23CCCC=C2N(c2ccccc2)C(=O)CC3)cc1F. The molecule has 2 aromatic rings. The summed E-state index contributed by atoms with van der Waals surface area (Å²) in [7, 11) is 0. The molecule has 1 atom stereocenters. The van der Waals surface area contributed by atoms with Crippen LogP contribution in [0.1, 0.15) is 37.7 Å². The zero-order chi connectivity index (χ0) is 19.7. The summed E-state index contributed by atoms with van der Waals surface area (Å²) in [6, 6.07) is 14.2. The number of para-hydroxylation sites is 1. The van der Waals surface area contributed by atoms with E-state index in [2.05, 4.69) is 5.32 Å². The van der Waals surface area contributed by atoms with E-state index >= 15 is 0 Å². The molecule has 4 nitrogen and oxygen atoms in total. The number of halogens is 1. The lowest BCUT2D eigenvalue weighted by atomic mass is 9.69. The minimum atomic E-state index is -0.774. The van der Waals surface area contributed by atoms with Crippen molar-refractivity contribution >= 4 is 23.2 Å². The zero-order valence-corrected chi connectivity index (χ0v) is 15.9. The van der Waals surface area contributed by atoms with Crippen molar-refractivity contribution in [3.05, 3.63) is 71.7 Å². The lowest BCUT2D eigenvalue weighted by Crippen LogP contribution is -2.51. The molecule has 1 unspecified atom stereocenters. The lowest BCUT2D eigenvalue weighted by Gasteiger charge is -2.45. The Hall–Kier alpha value is -2.95. The van der Waals surface area contributed by atoms with E-state index < -0.39 is 5.41 Å². The molecule has 28 heavy (non-hydrogen) atoms. The smallest absolute Gasteiger partial charge is 0.236 e. The Kier molecular flexibility index (Phi) is 4.75. The zero-order valence-electron chi connectivity index (χ0n) is 15.9. The van der Waals surface area contributed by atoms with Crippen molar-refractivity contribution in [1.82, 2.24) is 0 Å². The average molecular weight is 378 g/mol. The third-order valence-electron chi connectivity index (χ3n) is 5.77. The van der Waals surface area contributed by atoms with Gasteiger partial charge in [0, 0.05) is 23.5 Å². The van der Waals surface area contributed by atoms with Crippen LogP contribution in [0.25, 0.3) is 0 Å². The largest absolute Gasteiger partial charge is 0.325 e. The summed E-state index contributed by atoms with van der Waals surface area (Å²) < 4.78 is 13.9. The standard InChI is InChI=1S/C23H23FN2O2/c1-16-10-11-17(15-19(16)24)25-22(28)23-13-6-5-9-20(23)26(21(27)12-14-23)18-7-3-2-4-8-18/h2-4,7-11,15H,5-6,12-14H2,1H3,(H,25,28). The van der Waals surface area contributed by atoms with E-state index in [1.165, 1.54) is 6.07 Å². The van der Waals surface area contributed by atoms with Crippen LogP contribution in [0.3, 0.4) is 0 Å². The van der Waals surface area contributed by atoms with Gasteiger partial charge in [0.1, 0.15) is 5.82 Å². The summed E-state index contributed by atoms with van der Waals surface area (Å²) in [5.41, 5.74) is 1.73. The molecule has 2 aliphatic rings. The van der Waals surface area contributed by atoms with Gasteiger partial charge in [-0.1, -0.05) is 30.3 Å². The van der Waals surface area contributed by atoms with Crippen molar-refractivity contribution in [2.24, 2.45) is 5.41 Å². The van der Waals surface area contributed by atoms with Crippen molar-refractivity contribution in [2.75, 3.05) is 10.2 Å². The van der Waals surface area contributed by atoms with Gasteiger partial charge in [0.2, 0.25) is 11.8 Å². The second-order valence-corrected chi connectivity index (χ2v) is 7.55. The van der Waals surface area contributed by atoms with Gasteiger partial charge in [-0.3, -0.25) is 14.5 Å². The van der Waals surface area contributed by atoms with Gasteiger partial charge in [-0.25, -0.2) is 4.39 Å². The fourth-order valence-electron chi connectivity index (χ4n) is 4.22. The lowest BCUT2D eigenvalue weighted by molar-refractivity contribution is -0.128. The van der Waals surface area contributed by atoms with E-state index in [-0.39, 0.29) is 17.6 Å². The molecule has 0 aromatic heterocycles. The Bertz CT molecular complexity index is 954. The molecular formula is C23H23FN2O2. The van der Waals surface area contributed by atoms with Crippen molar-refractivity contribution in [1.29, 1.82) is 0 Å². The molecule has 1 fully saturated rings. The van der Waals surface area contributed by atoms with E-state index in [0.29, 0.717) is 30.5 Å². The van der Waals surface area contributed by atoms with Gasteiger partial charge in [0.25, 0.3) is 0 Å². The van der Waals surface area contributed by atoms with Gasteiger partial charge in [-0.05, 0) is 62.4 Å². The maximum atomic E-state index is 13.9. The van der Waals surface area contributed by atoms with Crippen LogP contribution in [0.15, 0.2) is 60.3 Å². The number of benzene rings is 2. The molecule has 0 bridgehead atoms. The number of fused-ring (bicyclic) bond motifs is 1. The molecule has 5 heteroatoms. The highest BCUT2D eigenvalue weighted by Crippen LogP contribution is 2.48. The molecule has 1 heterocycles. The number of carbonyl (C=O) groups is 2. The molecule has 1 saturated heterocycles. The minimum Gasteiger partial charge on any atom is -0.325 e. The number of aryl methyl sites for hydroxylation is 1. The Morgan fingerprint density at radius 1 is 1.14 bits per heavy atom. The first-order valence-electron chi connectivity index (χ1n) is 9.67. The molecule has 1 aliphatic heterocycles. The predicted octanol–water partition coefficient (Wildman–Crippen LogP) is 4.95. The van der Waals surface area contributed by atoms with Crippen molar-refractivity contribution in [2.45, 2.75) is 39.0 Å². The maximum absolute atomic E-state index is 13.9. The van der Waals surface area contributed by atoms with Gasteiger partial charge in [0.15, 0.2) is 0 Å². The summed E-state index contributed by atoms with van der Waals surface area (Å²) in [4.78, 5) is 27.8. The van der Waals surface area contributed by atoms with E-state index in [0.717, 1.165) is 24.2 Å². The number of allylic oxidation sites excluding steroid dienone is 1. The van der Waals surface area contributed by atoms with Crippen LogP contribution in [-0.4, -0.2) is 11.8 Å². The molecular weight excluding hydrogens is 355 g/mol. The van der Waals surface area contributed by atoms with E-state index in [1.807, 2.05) is 36.4 Å². The summed E-state index contributed by atoms with van der Waals surface area (Å²) in [6.07, 6.45) is 5.19. The first-order valence-corrected chi connectivity index (χ1v) is 9.67. The Balaban J connectivity index is 1.70. The molecule has 0 radical (unpaired) electrons. The summed E-state index contributed by atoms with van der Waals surface area (Å²) in [5.74, 6) is -0.515. The van der Waals surface area contributed by atoms with Gasteiger partial charge in [0.05, 0.1) is 5.41 Å². The molecule has 2 amide bonds. The van der Waals surface area contributed by atoms with Gasteiger partial charge >= 0.3 is 0 Å². The monoisotopic (exact) mass is 378 g/mol. The van der Waals surface area contributed by atoms with Crippen LogP contribution >= 0.6 is 0 Å². The third-order valence-corrected chi connectivity index (χ3v) is 5.77. The quantitative estimate of drug-likeness (QED) is 0.821. The van der Waals surface area contributed by atoms with Crippen LogP contribution in [0.2, 0.25) is 0 Å². The number of hydrogen-bond donors (Lipinski definition) is 1. The third kappa shape index (κ3) is 3.11. The van der Waals surface area contributed by atoms with E-state index in [9.17, 15) is 14.0 Å². The average Bonchev–Trinajstić information content (AvgIpc) is 2.71. The van der Waals surface area contributed by atoms with Crippen molar-refractivity contribution in [3.8, 4) is 0 Å². The number of anilines is 2. The van der Waals surface area contributed by atoms with Gasteiger partial charge in [-0.2, -0.15) is 0 Å². The normalized spacial score (nSPS) is 21.7. The molecule has 2 aromatic carbocycles. The molecule has 144 valence electrons. The van der Waals surface area contributed by atoms with Crippen molar-refractivity contribution < 1.29 is 14.0 Å². The van der Waals surface area contributed by atoms with Gasteiger partial charge < -0.3 is 5.32 Å². The van der Waals surface area contributed by atoms with E-state index in [1.54, 1.807) is 24.0 Å². The highest BCUT2D eigenvalue weighted by Gasteiger charge is 2.50. The molecule has 0 saturated carbocycles. The fourth-order valence-corrected chi connectivity index (χ4v) is 4.22. The molecule has 1 N–H and O–H groups in total. The number of rotatable bonds is 3. The van der Waals surface area contributed by atoms with Crippen molar-refractivity contribution in [3.63, 3.8) is 0 Å². The Labute approximate surface area is 164 Å². The highest BCUT2D eigenvalue weighted by atomic mass is 19.1. The fraction of sp³-hybridized carbons (Fsp3) is 0.304. The number of nitrogens with zero attached hydrogens (tertiary/aromatic N) is 1. The van der Waals surface area contributed by atoms with Crippen LogP contribution in [0.5, 0.6) is 0 Å². The van der Waals surface area contributed by atoms with Crippen LogP contribution < -0.4 is 10.2 Å². The van der Waals surface area contributed by atoms with Crippen LogP contribution in [0, 0.1) is 18.2 Å². The predicted molar refractivity (Wildman–Crippen MR) is 107 cm³/mol. The second-order valence-electron chi connectivity index (χ2n) is 7.55. The number of hydrogen-bond acceptors (Lipinski definition) is 2. The van der Waals surface area contributed by atoms with Crippen LogP contribution in [-0.2, 0) is 9.59 Å². The topological polar surface area (TPSA) is 49.4 Å². The Morgan fingerprint density at radius 2 is 1.93 bits per heavy atom. The Morgan fingerprint density at radius 3 is 2.68 bits per heavy atom. The molecule has 0 spiro atoms. The van der Waals surface area contributed by atoms with E-state index in [4.69, 9.17) is 0 Å². The number of nitrogens with one attached hydrogen (secondary N) is 1. The van der Waals surface area contributed by atoms with Gasteiger partial charge in [-0.15, -0.1) is 0 Å².